The summed E-state index contributed by atoms with van der Waals surface area (Å²) in [6.45, 7) is 8.09. The molecular formula is C22H53N2O3P. The molecule has 0 unspecified atom stereocenters. The molecule has 6 heteroatoms. The van der Waals surface area contributed by atoms with E-state index in [1.54, 1.807) is 0 Å². The minimum Gasteiger partial charge on any atom is -0.811 e. The van der Waals surface area contributed by atoms with Crippen LogP contribution in [0.2, 0.25) is 0 Å². The summed E-state index contributed by atoms with van der Waals surface area (Å²) < 4.78 is 9.47. The molecule has 0 atom stereocenters. The largest absolute Gasteiger partial charge is 0.811 e. The maximum absolute atomic E-state index is 9.47. The Morgan fingerprint density at radius 2 is 0.750 bits per heavy atom. The minimum atomic E-state index is -4.15. The fourth-order valence-electron chi connectivity index (χ4n) is 2.62. The molecule has 0 saturated carbocycles. The van der Waals surface area contributed by atoms with Crippen LogP contribution in [0.3, 0.4) is 0 Å². The first-order valence-electron chi connectivity index (χ1n) is 12.0. The molecular weight excluding hydrogens is 371 g/mol. The van der Waals surface area contributed by atoms with Crippen molar-refractivity contribution in [3.8, 4) is 0 Å². The summed E-state index contributed by atoms with van der Waals surface area (Å²) in [6.07, 6.45) is 22.3. The summed E-state index contributed by atoms with van der Waals surface area (Å²) in [7, 11) is -4.15. The molecule has 174 valence electrons. The third kappa shape index (κ3) is 45.1. The SMILES string of the molecule is CCCCCCCCCC[NH3+].CCCCCCCCCC[NH3+].CCP(=O)([O-])[O-]. The van der Waals surface area contributed by atoms with Crippen molar-refractivity contribution in [2.45, 2.75) is 124 Å². The third-order valence-electron chi connectivity index (χ3n) is 4.59. The molecule has 0 bridgehead atoms. The fraction of sp³-hybridized carbons (Fsp3) is 1.00. The average Bonchev–Trinajstić information content (AvgIpc) is 2.67. The van der Waals surface area contributed by atoms with Gasteiger partial charge in [-0.2, -0.15) is 0 Å². The van der Waals surface area contributed by atoms with E-state index >= 15 is 0 Å². The van der Waals surface area contributed by atoms with Crippen molar-refractivity contribution in [2.75, 3.05) is 19.3 Å². The Bertz CT molecular complexity index is 266. The maximum Gasteiger partial charge on any atom is 0.0739 e. The zero-order valence-corrected chi connectivity index (χ0v) is 20.4. The van der Waals surface area contributed by atoms with E-state index in [0.717, 1.165) is 13.1 Å². The summed E-state index contributed by atoms with van der Waals surface area (Å²) in [6, 6.07) is 0. The van der Waals surface area contributed by atoms with Crippen LogP contribution in [0.25, 0.3) is 0 Å². The van der Waals surface area contributed by atoms with Crippen molar-refractivity contribution in [3.05, 3.63) is 0 Å². The molecule has 0 amide bonds. The Balaban J connectivity index is -0.000000351. The molecule has 5 nitrogen and oxygen atoms in total. The topological polar surface area (TPSA) is 118 Å². The molecule has 0 aliphatic heterocycles. The zero-order valence-electron chi connectivity index (χ0n) is 19.5. The molecule has 0 rings (SSSR count). The lowest BCUT2D eigenvalue weighted by Crippen LogP contribution is -2.50. The molecule has 0 aromatic rings. The van der Waals surface area contributed by atoms with E-state index in [1.165, 1.54) is 110 Å². The molecule has 0 heterocycles. The van der Waals surface area contributed by atoms with Crippen LogP contribution in [0, 0.1) is 0 Å². The van der Waals surface area contributed by atoms with Crippen molar-refractivity contribution < 1.29 is 25.8 Å². The maximum atomic E-state index is 9.47. The Morgan fingerprint density at radius 1 is 0.536 bits per heavy atom. The van der Waals surface area contributed by atoms with Gasteiger partial charge in [0, 0.05) is 0 Å². The van der Waals surface area contributed by atoms with Gasteiger partial charge in [0.2, 0.25) is 0 Å². The second-order valence-electron chi connectivity index (χ2n) is 7.58. The van der Waals surface area contributed by atoms with E-state index in [-0.39, 0.29) is 6.16 Å². The van der Waals surface area contributed by atoms with Crippen LogP contribution in [-0.2, 0) is 4.57 Å². The molecule has 0 aliphatic rings. The van der Waals surface area contributed by atoms with Crippen molar-refractivity contribution in [2.24, 2.45) is 0 Å². The standard InChI is InChI=1S/2C10H23N.C2H7O3P/c2*1-2-3-4-5-6-7-8-9-10-11;1-2-6(3,4)5/h2*2-11H2,1H3;2H2,1H3,(H2,3,4,5). The molecule has 0 aliphatic carbocycles. The molecule has 6 N–H and O–H groups in total. The quantitative estimate of drug-likeness (QED) is 0.274. The lowest BCUT2D eigenvalue weighted by Gasteiger charge is -2.26. The molecule has 0 fully saturated rings. The van der Waals surface area contributed by atoms with Crippen LogP contribution < -0.4 is 21.3 Å². The van der Waals surface area contributed by atoms with E-state index < -0.39 is 7.60 Å². The van der Waals surface area contributed by atoms with Gasteiger partial charge >= 0.3 is 0 Å². The summed E-state index contributed by atoms with van der Waals surface area (Å²) in [5, 5.41) is 0. The highest BCUT2D eigenvalue weighted by Crippen LogP contribution is 2.20. The van der Waals surface area contributed by atoms with Gasteiger partial charge in [-0.1, -0.05) is 105 Å². The van der Waals surface area contributed by atoms with Crippen LogP contribution in [0.1, 0.15) is 124 Å². The first kappa shape index (κ1) is 32.7. The van der Waals surface area contributed by atoms with Crippen LogP contribution in [0.4, 0.5) is 0 Å². The highest BCUT2D eigenvalue weighted by molar-refractivity contribution is 7.48. The second-order valence-corrected chi connectivity index (χ2v) is 9.44. The lowest BCUT2D eigenvalue weighted by molar-refractivity contribution is -0.368. The van der Waals surface area contributed by atoms with Gasteiger partial charge in [-0.05, 0) is 31.8 Å². The highest BCUT2D eigenvalue weighted by Gasteiger charge is 1.90. The van der Waals surface area contributed by atoms with Crippen molar-refractivity contribution in [3.63, 3.8) is 0 Å². The zero-order chi connectivity index (χ0) is 21.9. The van der Waals surface area contributed by atoms with Gasteiger partial charge in [0.25, 0.3) is 0 Å². The summed E-state index contributed by atoms with van der Waals surface area (Å²) in [4.78, 5) is 18.9. The van der Waals surface area contributed by atoms with E-state index in [2.05, 4.69) is 25.3 Å². The van der Waals surface area contributed by atoms with Gasteiger partial charge in [0.1, 0.15) is 0 Å². The van der Waals surface area contributed by atoms with E-state index in [4.69, 9.17) is 0 Å². The Kier molecular flexibility index (Phi) is 34.2. The van der Waals surface area contributed by atoms with Crippen molar-refractivity contribution in [1.29, 1.82) is 0 Å². The summed E-state index contributed by atoms with van der Waals surface area (Å²) in [5.74, 6) is 0. The smallest absolute Gasteiger partial charge is 0.0739 e. The number of quaternary nitrogens is 2. The predicted molar refractivity (Wildman–Crippen MR) is 119 cm³/mol. The lowest BCUT2D eigenvalue weighted by atomic mass is 10.1. The van der Waals surface area contributed by atoms with Crippen LogP contribution >= 0.6 is 7.60 Å². The Labute approximate surface area is 176 Å². The third-order valence-corrected chi connectivity index (χ3v) is 5.37. The molecule has 0 saturated heterocycles. The van der Waals surface area contributed by atoms with E-state index in [0.29, 0.717) is 0 Å². The second kappa shape index (κ2) is 29.3. The van der Waals surface area contributed by atoms with Crippen LogP contribution in [-0.4, -0.2) is 19.3 Å². The van der Waals surface area contributed by atoms with Crippen LogP contribution in [0.15, 0.2) is 0 Å². The predicted octanol–water partition coefficient (Wildman–Crippen LogP) is 3.66. The average molecular weight is 425 g/mol. The van der Waals surface area contributed by atoms with Gasteiger partial charge in [0.05, 0.1) is 13.1 Å². The highest BCUT2D eigenvalue weighted by atomic mass is 31.2. The normalized spacial score (nSPS) is 10.7. The summed E-state index contributed by atoms with van der Waals surface area (Å²) >= 11 is 0. The Morgan fingerprint density at radius 3 is 0.929 bits per heavy atom. The molecule has 28 heavy (non-hydrogen) atoms. The van der Waals surface area contributed by atoms with Crippen molar-refractivity contribution >= 4 is 7.60 Å². The van der Waals surface area contributed by atoms with Crippen molar-refractivity contribution in [1.82, 2.24) is 0 Å². The first-order valence-corrected chi connectivity index (χ1v) is 13.7. The molecule has 0 aromatic heterocycles. The number of hydrogen-bond donors (Lipinski definition) is 2. The molecule has 0 spiro atoms. The molecule has 0 radical (unpaired) electrons. The first-order chi connectivity index (χ1) is 13.4. The monoisotopic (exact) mass is 424 g/mol. The summed E-state index contributed by atoms with van der Waals surface area (Å²) in [5.41, 5.74) is 7.67. The van der Waals surface area contributed by atoms with Gasteiger partial charge < -0.3 is 25.8 Å². The van der Waals surface area contributed by atoms with E-state index in [1.807, 2.05) is 0 Å². The number of hydrogen-bond acceptors (Lipinski definition) is 3. The van der Waals surface area contributed by atoms with E-state index in [9.17, 15) is 14.4 Å². The van der Waals surface area contributed by atoms with Gasteiger partial charge in [-0.15, -0.1) is 0 Å². The van der Waals surface area contributed by atoms with Crippen LogP contribution in [0.5, 0.6) is 0 Å². The Hall–Kier alpha value is 0.0700. The molecule has 0 aromatic carbocycles. The van der Waals surface area contributed by atoms with Gasteiger partial charge in [-0.3, -0.25) is 0 Å². The van der Waals surface area contributed by atoms with Gasteiger partial charge in [0.15, 0.2) is 0 Å². The number of unbranched alkanes of at least 4 members (excludes halogenated alkanes) is 14. The van der Waals surface area contributed by atoms with Gasteiger partial charge in [-0.25, -0.2) is 0 Å². The number of rotatable bonds is 17. The minimum absolute atomic E-state index is 0.285. The fourth-order valence-corrected chi connectivity index (χ4v) is 2.62.